The van der Waals surface area contributed by atoms with Crippen LogP contribution >= 0.6 is 0 Å². The van der Waals surface area contributed by atoms with Crippen molar-refractivity contribution in [1.82, 2.24) is 24.2 Å². The zero-order chi connectivity index (χ0) is 15.8. The SMILES string of the molecule is Cc1cc(C)n(C2CN(Cc3ccc(-n4ccnc4)cc3)C2)n1. The minimum Gasteiger partial charge on any atom is -0.306 e. The molecule has 0 amide bonds. The topological polar surface area (TPSA) is 38.9 Å². The molecule has 0 spiro atoms. The van der Waals surface area contributed by atoms with Gasteiger partial charge >= 0.3 is 0 Å². The van der Waals surface area contributed by atoms with E-state index >= 15 is 0 Å². The Morgan fingerprint density at radius 3 is 2.52 bits per heavy atom. The molecule has 118 valence electrons. The second-order valence-corrected chi connectivity index (χ2v) is 6.36. The summed E-state index contributed by atoms with van der Waals surface area (Å²) in [6.45, 7) is 7.34. The van der Waals surface area contributed by atoms with E-state index in [1.165, 1.54) is 11.3 Å². The Balaban J connectivity index is 1.36. The molecule has 0 atom stereocenters. The maximum atomic E-state index is 4.60. The summed E-state index contributed by atoms with van der Waals surface area (Å²) in [4.78, 5) is 6.55. The molecule has 4 rings (SSSR count). The molecule has 1 fully saturated rings. The first-order valence-electron chi connectivity index (χ1n) is 8.01. The first-order chi connectivity index (χ1) is 11.2. The van der Waals surface area contributed by atoms with Crippen molar-refractivity contribution in [3.63, 3.8) is 0 Å². The summed E-state index contributed by atoms with van der Waals surface area (Å²) >= 11 is 0. The average molecular weight is 307 g/mol. The van der Waals surface area contributed by atoms with Gasteiger partial charge in [-0.2, -0.15) is 5.10 Å². The van der Waals surface area contributed by atoms with E-state index in [2.05, 4.69) is 63.8 Å². The van der Waals surface area contributed by atoms with Gasteiger partial charge in [-0.1, -0.05) is 12.1 Å². The minimum absolute atomic E-state index is 0.522. The van der Waals surface area contributed by atoms with Crippen LogP contribution in [0, 0.1) is 13.8 Å². The number of hydrogen-bond donors (Lipinski definition) is 0. The molecule has 2 aromatic heterocycles. The van der Waals surface area contributed by atoms with E-state index in [4.69, 9.17) is 0 Å². The molecule has 1 aromatic carbocycles. The fourth-order valence-corrected chi connectivity index (χ4v) is 3.29. The molecule has 1 saturated heterocycles. The van der Waals surface area contributed by atoms with Crippen molar-refractivity contribution in [2.45, 2.75) is 26.4 Å². The summed E-state index contributed by atoms with van der Waals surface area (Å²) in [5, 5.41) is 4.60. The molecule has 0 radical (unpaired) electrons. The molecule has 5 nitrogen and oxygen atoms in total. The molecule has 5 heteroatoms. The lowest BCUT2D eigenvalue weighted by atomic mass is 10.1. The maximum absolute atomic E-state index is 4.60. The Bertz CT molecular complexity index is 779. The Morgan fingerprint density at radius 1 is 1.13 bits per heavy atom. The van der Waals surface area contributed by atoms with Gasteiger partial charge in [0.2, 0.25) is 0 Å². The highest BCUT2D eigenvalue weighted by molar-refractivity contribution is 5.34. The molecule has 1 aliphatic heterocycles. The van der Waals surface area contributed by atoms with Crippen LogP contribution in [0.5, 0.6) is 0 Å². The van der Waals surface area contributed by atoms with Gasteiger partial charge in [-0.05, 0) is 37.6 Å². The van der Waals surface area contributed by atoms with Crippen molar-refractivity contribution in [1.29, 1.82) is 0 Å². The Morgan fingerprint density at radius 2 is 1.91 bits per heavy atom. The summed E-state index contributed by atoms with van der Waals surface area (Å²) in [6.07, 6.45) is 5.58. The summed E-state index contributed by atoms with van der Waals surface area (Å²) in [5.74, 6) is 0. The van der Waals surface area contributed by atoms with Crippen LogP contribution in [0.2, 0.25) is 0 Å². The van der Waals surface area contributed by atoms with E-state index in [0.717, 1.165) is 31.0 Å². The van der Waals surface area contributed by atoms with E-state index in [1.807, 2.05) is 17.1 Å². The second kappa shape index (κ2) is 5.66. The predicted octanol–water partition coefficient (Wildman–Crippen LogP) is 2.74. The quantitative estimate of drug-likeness (QED) is 0.744. The number of aryl methyl sites for hydroxylation is 2. The first-order valence-corrected chi connectivity index (χ1v) is 8.01. The Kier molecular flexibility index (Phi) is 3.50. The molecular formula is C18H21N5. The first kappa shape index (κ1) is 14.2. The van der Waals surface area contributed by atoms with Gasteiger partial charge in [-0.3, -0.25) is 9.58 Å². The molecule has 3 heterocycles. The van der Waals surface area contributed by atoms with Crippen molar-refractivity contribution < 1.29 is 0 Å². The van der Waals surface area contributed by atoms with Crippen LogP contribution in [-0.4, -0.2) is 37.3 Å². The Hall–Kier alpha value is -2.40. The van der Waals surface area contributed by atoms with E-state index in [1.54, 1.807) is 6.20 Å². The van der Waals surface area contributed by atoms with Crippen LogP contribution in [0.25, 0.3) is 5.69 Å². The van der Waals surface area contributed by atoms with Crippen LogP contribution in [0.15, 0.2) is 49.1 Å². The van der Waals surface area contributed by atoms with Crippen LogP contribution in [0.1, 0.15) is 23.0 Å². The second-order valence-electron chi connectivity index (χ2n) is 6.36. The van der Waals surface area contributed by atoms with Gasteiger partial charge in [0.25, 0.3) is 0 Å². The fraction of sp³-hybridized carbons (Fsp3) is 0.333. The molecule has 3 aromatic rings. The maximum Gasteiger partial charge on any atom is 0.0991 e. The van der Waals surface area contributed by atoms with Gasteiger partial charge in [0.15, 0.2) is 0 Å². The number of benzene rings is 1. The van der Waals surface area contributed by atoms with Crippen molar-refractivity contribution in [3.05, 3.63) is 66.0 Å². The van der Waals surface area contributed by atoms with Gasteiger partial charge in [-0.25, -0.2) is 4.98 Å². The fourth-order valence-electron chi connectivity index (χ4n) is 3.29. The third kappa shape index (κ3) is 2.80. The molecule has 0 unspecified atom stereocenters. The molecule has 0 bridgehead atoms. The summed E-state index contributed by atoms with van der Waals surface area (Å²) < 4.78 is 4.19. The monoisotopic (exact) mass is 307 g/mol. The summed E-state index contributed by atoms with van der Waals surface area (Å²) in [6, 6.07) is 11.4. The van der Waals surface area contributed by atoms with E-state index in [0.29, 0.717) is 6.04 Å². The van der Waals surface area contributed by atoms with Gasteiger partial charge in [0.1, 0.15) is 0 Å². The lowest BCUT2D eigenvalue weighted by Gasteiger charge is -2.39. The van der Waals surface area contributed by atoms with Crippen molar-refractivity contribution in [2.24, 2.45) is 0 Å². The van der Waals surface area contributed by atoms with Crippen molar-refractivity contribution in [3.8, 4) is 5.69 Å². The van der Waals surface area contributed by atoms with Crippen molar-refractivity contribution in [2.75, 3.05) is 13.1 Å². The highest BCUT2D eigenvalue weighted by atomic mass is 15.4. The van der Waals surface area contributed by atoms with Gasteiger partial charge in [0, 0.05) is 43.4 Å². The molecule has 0 aliphatic carbocycles. The summed E-state index contributed by atoms with van der Waals surface area (Å²) in [5.41, 5.74) is 4.86. The number of hydrogen-bond acceptors (Lipinski definition) is 3. The predicted molar refractivity (Wildman–Crippen MR) is 89.6 cm³/mol. The van der Waals surface area contributed by atoms with Gasteiger partial charge in [-0.15, -0.1) is 0 Å². The van der Waals surface area contributed by atoms with E-state index in [9.17, 15) is 0 Å². The van der Waals surface area contributed by atoms with Crippen LogP contribution < -0.4 is 0 Å². The van der Waals surface area contributed by atoms with Gasteiger partial charge < -0.3 is 4.57 Å². The van der Waals surface area contributed by atoms with Gasteiger partial charge in [0.05, 0.1) is 18.1 Å². The number of nitrogens with zero attached hydrogens (tertiary/aromatic N) is 5. The number of likely N-dealkylation sites (tertiary alicyclic amines) is 1. The molecule has 0 saturated carbocycles. The van der Waals surface area contributed by atoms with Crippen LogP contribution in [0.3, 0.4) is 0 Å². The number of imidazole rings is 1. The Labute approximate surface area is 136 Å². The minimum atomic E-state index is 0.522. The highest BCUT2D eigenvalue weighted by Crippen LogP contribution is 2.24. The third-order valence-corrected chi connectivity index (χ3v) is 4.47. The number of rotatable bonds is 4. The lowest BCUT2D eigenvalue weighted by Crippen LogP contribution is -2.47. The van der Waals surface area contributed by atoms with Crippen LogP contribution in [0.4, 0.5) is 0 Å². The normalized spacial score (nSPS) is 15.7. The smallest absolute Gasteiger partial charge is 0.0991 e. The zero-order valence-electron chi connectivity index (χ0n) is 13.6. The standard InChI is InChI=1S/C18H21N5/c1-14-9-15(2)23(20-14)18-11-21(12-18)10-16-3-5-17(6-4-16)22-8-7-19-13-22/h3-9,13,18H,10-12H2,1-2H3. The van der Waals surface area contributed by atoms with Crippen molar-refractivity contribution >= 4 is 0 Å². The zero-order valence-corrected chi connectivity index (χ0v) is 13.6. The summed E-state index contributed by atoms with van der Waals surface area (Å²) in [7, 11) is 0. The molecular weight excluding hydrogens is 286 g/mol. The van der Waals surface area contributed by atoms with Crippen LogP contribution in [-0.2, 0) is 6.54 Å². The average Bonchev–Trinajstić information content (AvgIpc) is 3.13. The highest BCUT2D eigenvalue weighted by Gasteiger charge is 2.29. The largest absolute Gasteiger partial charge is 0.306 e. The van der Waals surface area contributed by atoms with E-state index < -0.39 is 0 Å². The third-order valence-electron chi connectivity index (χ3n) is 4.47. The molecule has 23 heavy (non-hydrogen) atoms. The molecule has 0 N–H and O–H groups in total. The molecule has 1 aliphatic rings. The lowest BCUT2D eigenvalue weighted by molar-refractivity contribution is 0.0893. The van der Waals surface area contributed by atoms with E-state index in [-0.39, 0.29) is 0 Å². The number of aromatic nitrogens is 4.